The molecule has 0 aliphatic carbocycles. The van der Waals surface area contributed by atoms with Crippen LogP contribution >= 0.6 is 0 Å². The van der Waals surface area contributed by atoms with E-state index >= 15 is 0 Å². The summed E-state index contributed by atoms with van der Waals surface area (Å²) in [7, 11) is 1.72. The highest BCUT2D eigenvalue weighted by Gasteiger charge is 2.49. The predicted molar refractivity (Wildman–Crippen MR) is 137 cm³/mol. The van der Waals surface area contributed by atoms with Crippen molar-refractivity contribution < 1.29 is 14.7 Å². The molecule has 2 aliphatic heterocycles. The molecule has 0 unspecified atom stereocenters. The number of para-hydroxylation sites is 1. The van der Waals surface area contributed by atoms with Gasteiger partial charge in [0.1, 0.15) is 0 Å². The molecule has 7 heteroatoms. The lowest BCUT2D eigenvalue weighted by Gasteiger charge is -2.48. The first-order valence-corrected chi connectivity index (χ1v) is 12.5. The third-order valence-corrected chi connectivity index (χ3v) is 7.73. The Kier molecular flexibility index (Phi) is 6.05. The molecule has 0 bridgehead atoms. The third kappa shape index (κ3) is 3.88. The van der Waals surface area contributed by atoms with Gasteiger partial charge in [-0.25, -0.2) is 4.79 Å². The highest BCUT2D eigenvalue weighted by atomic mass is 16.3. The van der Waals surface area contributed by atoms with E-state index in [2.05, 4.69) is 59.7 Å². The Morgan fingerprint density at radius 1 is 1.29 bits per heavy atom. The van der Waals surface area contributed by atoms with Gasteiger partial charge in [-0.1, -0.05) is 48.0 Å². The number of nitrogens with zero attached hydrogens (tertiary/aromatic N) is 2. The van der Waals surface area contributed by atoms with Crippen LogP contribution in [0.15, 0.2) is 42.5 Å². The molecule has 7 nitrogen and oxygen atoms in total. The van der Waals surface area contributed by atoms with Gasteiger partial charge < -0.3 is 25.2 Å². The van der Waals surface area contributed by atoms with Crippen LogP contribution in [0.1, 0.15) is 43.1 Å². The number of aromatic amines is 1. The van der Waals surface area contributed by atoms with Crippen molar-refractivity contribution in [3.63, 3.8) is 0 Å². The van der Waals surface area contributed by atoms with Gasteiger partial charge in [0, 0.05) is 42.8 Å². The number of piperidine rings is 1. The molecule has 2 aromatic carbocycles. The zero-order chi connectivity index (χ0) is 24.9. The second-order valence-corrected chi connectivity index (χ2v) is 9.93. The fourth-order valence-electron chi connectivity index (χ4n) is 6.04. The quantitative estimate of drug-likeness (QED) is 0.534. The van der Waals surface area contributed by atoms with Crippen molar-refractivity contribution in [2.45, 2.75) is 51.8 Å². The van der Waals surface area contributed by atoms with E-state index in [1.54, 1.807) is 18.9 Å². The number of fused-ring (bicyclic) bond motifs is 5. The number of H-pyrrole nitrogens is 1. The highest BCUT2D eigenvalue weighted by Crippen LogP contribution is 2.44. The maximum Gasteiger partial charge on any atom is 0.317 e. The van der Waals surface area contributed by atoms with Gasteiger partial charge in [0.25, 0.3) is 0 Å². The van der Waals surface area contributed by atoms with Gasteiger partial charge in [-0.2, -0.15) is 0 Å². The van der Waals surface area contributed by atoms with Crippen LogP contribution in [-0.4, -0.2) is 64.1 Å². The number of urea groups is 1. The van der Waals surface area contributed by atoms with Crippen molar-refractivity contribution in [2.75, 3.05) is 20.1 Å². The fourth-order valence-corrected chi connectivity index (χ4v) is 6.04. The number of hydrogen-bond donors (Lipinski definition) is 3. The number of aromatic nitrogens is 1. The monoisotopic (exact) mass is 474 g/mol. The molecule has 4 atom stereocenters. The van der Waals surface area contributed by atoms with E-state index in [4.69, 9.17) is 0 Å². The number of nitrogens with one attached hydrogen (secondary N) is 2. The summed E-state index contributed by atoms with van der Waals surface area (Å²) in [5.41, 5.74) is 6.90. The molecule has 3 N–H and O–H groups in total. The van der Waals surface area contributed by atoms with Crippen LogP contribution in [0.25, 0.3) is 22.0 Å². The molecule has 0 radical (unpaired) electrons. The summed E-state index contributed by atoms with van der Waals surface area (Å²) in [4.78, 5) is 33.5. The number of carbonyl (C=O) groups excluding carboxylic acids is 2. The Labute approximate surface area is 206 Å². The molecule has 3 heterocycles. The lowest BCUT2D eigenvalue weighted by atomic mass is 9.79. The number of rotatable bonds is 4. The maximum absolute atomic E-state index is 13.6. The molecule has 35 heavy (non-hydrogen) atoms. The van der Waals surface area contributed by atoms with Crippen LogP contribution in [-0.2, 0) is 11.2 Å². The molecular weight excluding hydrogens is 440 g/mol. The summed E-state index contributed by atoms with van der Waals surface area (Å²) in [6, 6.07) is 14.1. The number of aliphatic hydroxyl groups excluding tert-OH is 1. The minimum atomic E-state index is -0.845. The van der Waals surface area contributed by atoms with Crippen LogP contribution in [0.4, 0.5) is 4.79 Å². The molecule has 1 aromatic heterocycles. The van der Waals surface area contributed by atoms with Gasteiger partial charge in [-0.3, -0.25) is 4.79 Å². The number of aryl methyl sites for hydroxylation is 1. The first-order chi connectivity index (χ1) is 16.8. The van der Waals surface area contributed by atoms with Crippen LogP contribution in [0.3, 0.4) is 0 Å². The maximum atomic E-state index is 13.6. The van der Waals surface area contributed by atoms with E-state index in [1.807, 2.05) is 11.8 Å². The van der Waals surface area contributed by atoms with Gasteiger partial charge in [-0.15, -0.1) is 0 Å². The zero-order valence-electron chi connectivity index (χ0n) is 20.8. The lowest BCUT2D eigenvalue weighted by Crippen LogP contribution is -2.60. The van der Waals surface area contributed by atoms with E-state index in [0.717, 1.165) is 28.8 Å². The van der Waals surface area contributed by atoms with Gasteiger partial charge in [0.2, 0.25) is 5.91 Å². The molecular formula is C28H34N4O3. The molecule has 1 saturated heterocycles. The number of hydrogen-bond acceptors (Lipinski definition) is 3. The molecule has 0 spiro atoms. The molecule has 0 saturated carbocycles. The van der Waals surface area contributed by atoms with Crippen LogP contribution < -0.4 is 5.32 Å². The highest BCUT2D eigenvalue weighted by molar-refractivity contribution is 5.97. The number of aliphatic hydroxyl groups is 1. The van der Waals surface area contributed by atoms with Gasteiger partial charge in [-0.05, 0) is 44.7 Å². The average molecular weight is 475 g/mol. The summed E-state index contributed by atoms with van der Waals surface area (Å²) in [6.45, 7) is 6.73. The molecule has 3 aromatic rings. The second kappa shape index (κ2) is 9.04. The molecule has 2 aliphatic rings. The molecule has 3 amide bonds. The lowest BCUT2D eigenvalue weighted by molar-refractivity contribution is -0.151. The minimum absolute atomic E-state index is 0.0828. The van der Waals surface area contributed by atoms with Gasteiger partial charge >= 0.3 is 6.03 Å². The van der Waals surface area contributed by atoms with Crippen molar-refractivity contribution in [3.8, 4) is 11.1 Å². The van der Waals surface area contributed by atoms with E-state index in [-0.39, 0.29) is 18.0 Å². The Hall–Kier alpha value is -3.32. The van der Waals surface area contributed by atoms with E-state index in [0.29, 0.717) is 19.5 Å². The first kappa shape index (κ1) is 23.4. The molecule has 5 rings (SSSR count). The van der Waals surface area contributed by atoms with Crippen molar-refractivity contribution in [1.29, 1.82) is 0 Å². The molecule has 184 valence electrons. The van der Waals surface area contributed by atoms with Crippen molar-refractivity contribution in [1.82, 2.24) is 20.1 Å². The average Bonchev–Trinajstić information content (AvgIpc) is 3.22. The van der Waals surface area contributed by atoms with Crippen LogP contribution in [0.2, 0.25) is 0 Å². The van der Waals surface area contributed by atoms with Crippen molar-refractivity contribution in [3.05, 3.63) is 59.3 Å². The summed E-state index contributed by atoms with van der Waals surface area (Å²) in [5.74, 6) is -0.728. The van der Waals surface area contributed by atoms with Crippen LogP contribution in [0.5, 0.6) is 0 Å². The Balaban J connectivity index is 1.59. The van der Waals surface area contributed by atoms with Crippen molar-refractivity contribution >= 4 is 22.8 Å². The smallest absolute Gasteiger partial charge is 0.317 e. The van der Waals surface area contributed by atoms with Crippen molar-refractivity contribution in [2.24, 2.45) is 5.92 Å². The Bertz CT molecular complexity index is 1280. The Morgan fingerprint density at radius 2 is 2.06 bits per heavy atom. The minimum Gasteiger partial charge on any atom is -0.393 e. The molecule has 1 fully saturated rings. The summed E-state index contributed by atoms with van der Waals surface area (Å²) >= 11 is 0. The number of benzene rings is 2. The van der Waals surface area contributed by atoms with E-state index < -0.39 is 18.1 Å². The normalized spacial score (nSPS) is 22.5. The summed E-state index contributed by atoms with van der Waals surface area (Å²) in [5, 5.41) is 14.6. The predicted octanol–water partition coefficient (Wildman–Crippen LogP) is 4.00. The SMILES string of the molecule is CCNC(=O)N(C)[C@H]1C[C@H]2c3[nH]c4c(-c5cccc(C)c5)cccc4c3CCN2C(=O)[C@H]1[C@H](C)O. The van der Waals surface area contributed by atoms with Gasteiger partial charge in [0.05, 0.1) is 23.6 Å². The number of amides is 3. The fraction of sp³-hybridized carbons (Fsp3) is 0.429. The Morgan fingerprint density at radius 3 is 2.77 bits per heavy atom. The second-order valence-electron chi connectivity index (χ2n) is 9.93. The first-order valence-electron chi connectivity index (χ1n) is 12.5. The zero-order valence-corrected chi connectivity index (χ0v) is 20.8. The summed E-state index contributed by atoms with van der Waals surface area (Å²) in [6.07, 6.45) is 0.495. The topological polar surface area (TPSA) is 88.7 Å². The summed E-state index contributed by atoms with van der Waals surface area (Å²) < 4.78 is 0. The third-order valence-electron chi connectivity index (χ3n) is 7.73. The van der Waals surface area contributed by atoms with Gasteiger partial charge in [0.15, 0.2) is 0 Å². The largest absolute Gasteiger partial charge is 0.393 e. The standard InChI is InChI=1S/C28H34N4O3/c1-5-29-28(35)31(4)22-15-23-26-21(12-13-32(23)27(34)24(22)17(3)33)20-11-7-10-19(25(20)30-26)18-9-6-8-16(2)14-18/h6-11,14,17,22-24,30,33H,5,12-13,15H2,1-4H3,(H,29,35)/t17-,22-,23-,24-/m0/s1. The van der Waals surface area contributed by atoms with Crippen LogP contribution in [0, 0.1) is 12.8 Å². The number of carbonyl (C=O) groups is 2. The van der Waals surface area contributed by atoms with E-state index in [1.165, 1.54) is 16.5 Å². The van der Waals surface area contributed by atoms with E-state index in [9.17, 15) is 14.7 Å².